The van der Waals surface area contributed by atoms with E-state index < -0.39 is 39.6 Å². The van der Waals surface area contributed by atoms with Gasteiger partial charge in [-0.1, -0.05) is 0 Å². The fraction of sp³-hybridized carbons (Fsp3) is 0.500. The molecule has 1 aromatic rings. The molecule has 0 spiro atoms. The summed E-state index contributed by atoms with van der Waals surface area (Å²) < 4.78 is 101. The van der Waals surface area contributed by atoms with E-state index in [1.54, 1.807) is 0 Å². The highest BCUT2D eigenvalue weighted by Crippen LogP contribution is 2.37. The largest absolute Gasteiger partial charge is 0.416 e. The van der Waals surface area contributed by atoms with Crippen LogP contribution in [-0.2, 0) is 22.5 Å². The number of hydrogen-bond acceptors (Lipinski definition) is 3. The van der Waals surface area contributed by atoms with E-state index in [2.05, 4.69) is 5.32 Å². The maximum Gasteiger partial charge on any atom is 0.416 e. The van der Waals surface area contributed by atoms with Crippen molar-refractivity contribution in [3.63, 3.8) is 0 Å². The Labute approximate surface area is 129 Å². The number of rotatable bonds is 2. The van der Waals surface area contributed by atoms with Gasteiger partial charge >= 0.3 is 12.4 Å². The van der Waals surface area contributed by atoms with Crippen LogP contribution >= 0.6 is 0 Å². The third-order valence-corrected chi connectivity index (χ3v) is 2.54. The maximum atomic E-state index is 12.5. The third-order valence-electron chi connectivity index (χ3n) is 2.54. The number of hydrogen-bond donors (Lipinski definition) is 2. The second-order valence-corrected chi connectivity index (χ2v) is 6.05. The van der Waals surface area contributed by atoms with Crippen molar-refractivity contribution in [1.82, 2.24) is 5.32 Å². The Morgan fingerprint density at radius 2 is 1.30 bits per heavy atom. The van der Waals surface area contributed by atoms with E-state index in [1.807, 2.05) is 0 Å². The lowest BCUT2D eigenvalue weighted by molar-refractivity contribution is -0.143. The van der Waals surface area contributed by atoms with Crippen LogP contribution in [0, 0.1) is 0 Å². The highest BCUT2D eigenvalue weighted by molar-refractivity contribution is 7.85. The Morgan fingerprint density at radius 3 is 1.52 bits per heavy atom. The van der Waals surface area contributed by atoms with Crippen molar-refractivity contribution in [2.75, 3.05) is 13.3 Å². The summed E-state index contributed by atoms with van der Waals surface area (Å²) in [6.45, 7) is 1.48. The average Bonchev–Trinajstić information content (AvgIpc) is 2.33. The minimum Gasteiger partial charge on any atom is -0.313 e. The van der Waals surface area contributed by atoms with E-state index in [9.17, 15) is 34.8 Å². The fourth-order valence-electron chi connectivity index (χ4n) is 1.40. The molecule has 0 aromatic heterocycles. The molecular weight excluding hydrogens is 352 g/mol. The molecule has 0 aliphatic carbocycles. The summed E-state index contributed by atoms with van der Waals surface area (Å²) in [5.41, 5.74) is -2.65. The number of halogens is 6. The fourth-order valence-corrected chi connectivity index (χ4v) is 1.40. The average molecular weight is 367 g/mol. The standard InChI is InChI=1S/C11H11F6N.CH4O3S/c1-6(18-2)7-3-8(10(12,13)14)5-9(4-7)11(15,16)17;1-5(2,3)4/h3-6,18H,1-2H3;1H3,(H,2,3,4). The first-order valence-corrected chi connectivity index (χ1v) is 7.79. The Balaban J connectivity index is 0.000000841. The zero-order valence-corrected chi connectivity index (χ0v) is 13.1. The van der Waals surface area contributed by atoms with Gasteiger partial charge in [0.2, 0.25) is 0 Å². The number of nitrogens with one attached hydrogen (secondary N) is 1. The van der Waals surface area contributed by atoms with Crippen LogP contribution in [0.15, 0.2) is 18.2 Å². The lowest BCUT2D eigenvalue weighted by atomic mass is 10.0. The molecule has 0 radical (unpaired) electrons. The smallest absolute Gasteiger partial charge is 0.313 e. The van der Waals surface area contributed by atoms with Gasteiger partial charge in [-0.05, 0) is 37.7 Å². The van der Waals surface area contributed by atoms with Crippen LogP contribution in [-0.4, -0.2) is 26.3 Å². The van der Waals surface area contributed by atoms with E-state index in [1.165, 1.54) is 14.0 Å². The van der Waals surface area contributed by atoms with Crippen molar-refractivity contribution in [3.8, 4) is 0 Å². The summed E-state index contributed by atoms with van der Waals surface area (Å²) >= 11 is 0. The Kier molecular flexibility index (Phi) is 7.06. The zero-order chi connectivity index (χ0) is 18.6. The van der Waals surface area contributed by atoms with Gasteiger partial charge in [-0.25, -0.2) is 0 Å². The third kappa shape index (κ3) is 8.77. The van der Waals surface area contributed by atoms with Crippen LogP contribution in [0.25, 0.3) is 0 Å². The molecular formula is C12H15F6NO3S. The second kappa shape index (κ2) is 7.49. The van der Waals surface area contributed by atoms with Crippen LogP contribution in [0.5, 0.6) is 0 Å². The second-order valence-electron chi connectivity index (χ2n) is 4.58. The molecule has 0 fully saturated rings. The van der Waals surface area contributed by atoms with Gasteiger partial charge in [-0.15, -0.1) is 0 Å². The molecule has 0 aliphatic rings. The lowest BCUT2D eigenvalue weighted by Crippen LogP contribution is -2.17. The Hall–Kier alpha value is -1.33. The lowest BCUT2D eigenvalue weighted by Gasteiger charge is -2.17. The van der Waals surface area contributed by atoms with Crippen LogP contribution in [0.1, 0.15) is 29.7 Å². The minimum atomic E-state index is -4.80. The molecule has 0 saturated carbocycles. The van der Waals surface area contributed by atoms with E-state index in [4.69, 9.17) is 4.55 Å². The monoisotopic (exact) mass is 367 g/mol. The SMILES string of the molecule is CNC(C)c1cc(C(F)(F)F)cc(C(F)(F)F)c1.CS(=O)(=O)O. The van der Waals surface area contributed by atoms with Gasteiger partial charge in [0, 0.05) is 6.04 Å². The number of alkyl halides is 6. The molecule has 1 atom stereocenters. The summed E-state index contributed by atoms with van der Waals surface area (Å²) in [4.78, 5) is 0. The first-order chi connectivity index (χ1) is 10.1. The molecule has 1 aromatic carbocycles. The summed E-state index contributed by atoms with van der Waals surface area (Å²) in [6, 6.07) is 0.951. The van der Waals surface area contributed by atoms with Crippen molar-refractivity contribution in [3.05, 3.63) is 34.9 Å². The molecule has 11 heteroatoms. The highest BCUT2D eigenvalue weighted by Gasteiger charge is 2.37. The molecule has 1 rings (SSSR count). The summed E-state index contributed by atoms with van der Waals surface area (Å²) in [7, 11) is -2.21. The summed E-state index contributed by atoms with van der Waals surface area (Å²) in [6.07, 6.45) is -8.89. The molecule has 0 amide bonds. The Morgan fingerprint density at radius 1 is 1.00 bits per heavy atom. The quantitative estimate of drug-likeness (QED) is 0.620. The molecule has 0 aliphatic heterocycles. The van der Waals surface area contributed by atoms with Crippen LogP contribution < -0.4 is 5.32 Å². The van der Waals surface area contributed by atoms with Crippen molar-refractivity contribution in [1.29, 1.82) is 0 Å². The molecule has 0 heterocycles. The van der Waals surface area contributed by atoms with E-state index in [0.29, 0.717) is 6.26 Å². The van der Waals surface area contributed by atoms with Crippen molar-refractivity contribution in [2.24, 2.45) is 0 Å². The van der Waals surface area contributed by atoms with Crippen molar-refractivity contribution >= 4 is 10.1 Å². The van der Waals surface area contributed by atoms with Crippen LogP contribution in [0.2, 0.25) is 0 Å². The van der Waals surface area contributed by atoms with Crippen LogP contribution in [0.3, 0.4) is 0 Å². The zero-order valence-electron chi connectivity index (χ0n) is 12.2. The van der Waals surface area contributed by atoms with E-state index in [-0.39, 0.29) is 11.6 Å². The molecule has 0 saturated heterocycles. The van der Waals surface area contributed by atoms with E-state index in [0.717, 1.165) is 12.1 Å². The molecule has 1 unspecified atom stereocenters. The van der Waals surface area contributed by atoms with Crippen molar-refractivity contribution in [2.45, 2.75) is 25.3 Å². The normalized spacial score (nSPS) is 14.0. The predicted molar refractivity (Wildman–Crippen MR) is 71.4 cm³/mol. The minimum absolute atomic E-state index is 0.0559. The molecule has 134 valence electrons. The van der Waals surface area contributed by atoms with E-state index >= 15 is 0 Å². The topological polar surface area (TPSA) is 66.4 Å². The van der Waals surface area contributed by atoms with Gasteiger partial charge in [0.25, 0.3) is 10.1 Å². The van der Waals surface area contributed by atoms with Gasteiger partial charge < -0.3 is 5.32 Å². The molecule has 0 bridgehead atoms. The summed E-state index contributed by atoms with van der Waals surface area (Å²) in [5, 5.41) is 2.60. The first-order valence-electron chi connectivity index (χ1n) is 5.94. The maximum absolute atomic E-state index is 12.5. The molecule has 2 N–H and O–H groups in total. The van der Waals surface area contributed by atoms with Gasteiger partial charge in [-0.2, -0.15) is 34.8 Å². The molecule has 23 heavy (non-hydrogen) atoms. The van der Waals surface area contributed by atoms with Crippen molar-refractivity contribution < 1.29 is 39.3 Å². The number of benzene rings is 1. The predicted octanol–water partition coefficient (Wildman–Crippen LogP) is 3.51. The van der Waals surface area contributed by atoms with Crippen LogP contribution in [0.4, 0.5) is 26.3 Å². The highest BCUT2D eigenvalue weighted by atomic mass is 32.2. The van der Waals surface area contributed by atoms with Gasteiger partial charge in [0.15, 0.2) is 0 Å². The molecule has 4 nitrogen and oxygen atoms in total. The Bertz CT molecular complexity index is 584. The van der Waals surface area contributed by atoms with Gasteiger partial charge in [0.1, 0.15) is 0 Å². The van der Waals surface area contributed by atoms with Gasteiger partial charge in [0.05, 0.1) is 17.4 Å². The first kappa shape index (κ1) is 21.7. The van der Waals surface area contributed by atoms with Gasteiger partial charge in [-0.3, -0.25) is 4.55 Å². The summed E-state index contributed by atoms with van der Waals surface area (Å²) in [5.74, 6) is 0.